The van der Waals surface area contributed by atoms with Crippen molar-refractivity contribution in [2.45, 2.75) is 19.3 Å². The van der Waals surface area contributed by atoms with Crippen LogP contribution < -0.4 is 11.1 Å². The molecule has 0 unspecified atom stereocenters. The standard InChI is InChI=1S/C31H31F2N7/c1-3-36-16-22(13-20(2)18-40-12-9-31(32,33)19-40)23-14-26(30(35)38-17-23)29(34)28-15-25-24(5-4-6-27(25)39-28)21-7-10-37-11-8-21/h3-8,10-11,13-17,34,36,39H,1,9,12,18-19H2,2H3,(H2,35,38)/b20-13+,22-16+,34-29?. The molecule has 40 heavy (non-hydrogen) atoms. The molecule has 204 valence electrons. The number of aromatic nitrogens is 3. The number of nitrogens with two attached hydrogens (primary N) is 1. The van der Waals surface area contributed by atoms with Crippen LogP contribution in [0, 0.1) is 5.41 Å². The number of nitrogens with one attached hydrogen (secondary N) is 3. The summed E-state index contributed by atoms with van der Waals surface area (Å²) in [6.45, 7) is 6.18. The van der Waals surface area contributed by atoms with Crippen molar-refractivity contribution in [1.29, 1.82) is 5.41 Å². The van der Waals surface area contributed by atoms with Crippen LogP contribution in [0.15, 0.2) is 91.7 Å². The molecule has 0 bridgehead atoms. The first kappa shape index (κ1) is 27.0. The average Bonchev–Trinajstić information content (AvgIpc) is 3.53. The molecule has 4 aromatic rings. The Kier molecular flexibility index (Phi) is 7.57. The van der Waals surface area contributed by atoms with Gasteiger partial charge >= 0.3 is 0 Å². The zero-order valence-corrected chi connectivity index (χ0v) is 22.2. The number of hydrogen-bond donors (Lipinski definition) is 4. The number of H-pyrrole nitrogens is 1. The van der Waals surface area contributed by atoms with Crippen molar-refractivity contribution >= 4 is 28.0 Å². The number of hydrogen-bond acceptors (Lipinski definition) is 6. The van der Waals surface area contributed by atoms with Gasteiger partial charge in [-0.05, 0) is 60.2 Å². The van der Waals surface area contributed by atoms with Crippen LogP contribution in [0.25, 0.3) is 27.6 Å². The molecule has 1 saturated heterocycles. The van der Waals surface area contributed by atoms with Crippen molar-refractivity contribution in [3.63, 3.8) is 0 Å². The van der Waals surface area contributed by atoms with Crippen LogP contribution in [0.2, 0.25) is 0 Å². The van der Waals surface area contributed by atoms with Gasteiger partial charge in [-0.3, -0.25) is 15.3 Å². The lowest BCUT2D eigenvalue weighted by Crippen LogP contribution is -2.26. The molecule has 5 rings (SSSR count). The third-order valence-electron chi connectivity index (χ3n) is 6.93. The largest absolute Gasteiger partial charge is 0.383 e. The molecule has 0 aliphatic carbocycles. The highest BCUT2D eigenvalue weighted by Gasteiger charge is 2.37. The first-order valence-corrected chi connectivity index (χ1v) is 13.0. The van der Waals surface area contributed by atoms with Crippen LogP contribution in [-0.4, -0.2) is 51.1 Å². The fourth-order valence-electron chi connectivity index (χ4n) is 5.01. The Hall–Kier alpha value is -4.63. The Bertz CT molecular complexity index is 1620. The normalized spacial score (nSPS) is 15.9. The minimum absolute atomic E-state index is 0.119. The summed E-state index contributed by atoms with van der Waals surface area (Å²) in [5, 5.41) is 13.0. The molecule has 1 aromatic carbocycles. The predicted octanol–water partition coefficient (Wildman–Crippen LogP) is 5.98. The van der Waals surface area contributed by atoms with Gasteiger partial charge in [0.15, 0.2) is 0 Å². The predicted molar refractivity (Wildman–Crippen MR) is 157 cm³/mol. The van der Waals surface area contributed by atoms with Crippen molar-refractivity contribution in [3.8, 4) is 11.1 Å². The number of nitrogens with zero attached hydrogens (tertiary/aromatic N) is 3. The summed E-state index contributed by atoms with van der Waals surface area (Å²) in [5.41, 5.74) is 12.9. The highest BCUT2D eigenvalue weighted by Crippen LogP contribution is 2.31. The summed E-state index contributed by atoms with van der Waals surface area (Å²) in [7, 11) is 0. The lowest BCUT2D eigenvalue weighted by molar-refractivity contribution is 0.0131. The van der Waals surface area contributed by atoms with E-state index in [0.29, 0.717) is 24.3 Å². The first-order chi connectivity index (χ1) is 19.2. The number of nitrogen functional groups attached to an aromatic ring is 1. The van der Waals surface area contributed by atoms with Gasteiger partial charge in [0.2, 0.25) is 0 Å². The van der Waals surface area contributed by atoms with Crippen LogP contribution in [-0.2, 0) is 0 Å². The van der Waals surface area contributed by atoms with E-state index in [9.17, 15) is 8.78 Å². The van der Waals surface area contributed by atoms with E-state index in [1.165, 1.54) is 0 Å². The van der Waals surface area contributed by atoms with Gasteiger partial charge in [-0.2, -0.15) is 0 Å². The fraction of sp³-hybridized carbons (Fsp3) is 0.194. The molecule has 0 amide bonds. The first-order valence-electron chi connectivity index (χ1n) is 13.0. The van der Waals surface area contributed by atoms with Crippen molar-refractivity contribution in [2.24, 2.45) is 0 Å². The summed E-state index contributed by atoms with van der Waals surface area (Å²) in [4.78, 5) is 13.6. The van der Waals surface area contributed by atoms with E-state index >= 15 is 0 Å². The Morgan fingerprint density at radius 2 is 2.05 bits per heavy atom. The maximum atomic E-state index is 13.7. The molecule has 0 saturated carbocycles. The topological polar surface area (TPSA) is 107 Å². The Balaban J connectivity index is 1.46. The molecule has 0 atom stereocenters. The van der Waals surface area contributed by atoms with E-state index in [1.54, 1.807) is 35.9 Å². The van der Waals surface area contributed by atoms with E-state index < -0.39 is 5.92 Å². The smallest absolute Gasteiger partial charge is 0.261 e. The van der Waals surface area contributed by atoms with Gasteiger partial charge in [0.05, 0.1) is 18.0 Å². The van der Waals surface area contributed by atoms with Gasteiger partial charge in [-0.1, -0.05) is 30.4 Å². The van der Waals surface area contributed by atoms with Crippen molar-refractivity contribution < 1.29 is 8.78 Å². The number of anilines is 1. The van der Waals surface area contributed by atoms with Gasteiger partial charge in [-0.25, -0.2) is 13.8 Å². The highest BCUT2D eigenvalue weighted by molar-refractivity contribution is 6.15. The number of fused-ring (bicyclic) bond motifs is 1. The third-order valence-corrected chi connectivity index (χ3v) is 6.93. The highest BCUT2D eigenvalue weighted by atomic mass is 19.3. The van der Waals surface area contributed by atoms with Crippen LogP contribution in [0.1, 0.15) is 30.2 Å². The molecule has 9 heteroatoms. The van der Waals surface area contributed by atoms with E-state index in [-0.39, 0.29) is 24.5 Å². The number of alkyl halides is 2. The summed E-state index contributed by atoms with van der Waals surface area (Å²) in [6.07, 6.45) is 10.3. The van der Waals surface area contributed by atoms with Gasteiger partial charge in [-0.15, -0.1) is 0 Å². The Morgan fingerprint density at radius 1 is 1.25 bits per heavy atom. The molecular weight excluding hydrogens is 508 g/mol. The quantitative estimate of drug-likeness (QED) is 0.155. The molecule has 7 nitrogen and oxygen atoms in total. The van der Waals surface area contributed by atoms with Crippen LogP contribution in [0.4, 0.5) is 14.6 Å². The second kappa shape index (κ2) is 11.2. The minimum Gasteiger partial charge on any atom is -0.383 e. The van der Waals surface area contributed by atoms with Crippen molar-refractivity contribution in [2.75, 3.05) is 25.4 Å². The molecule has 1 aliphatic rings. The Morgan fingerprint density at radius 3 is 2.77 bits per heavy atom. The van der Waals surface area contributed by atoms with Gasteiger partial charge in [0, 0.05) is 66.3 Å². The monoisotopic (exact) mass is 539 g/mol. The molecule has 1 aliphatic heterocycles. The van der Waals surface area contributed by atoms with Gasteiger partial charge in [0.25, 0.3) is 5.92 Å². The molecule has 3 aromatic heterocycles. The maximum Gasteiger partial charge on any atom is 0.261 e. The SMILES string of the molecule is C=CN/C=C(\C=C(/C)CN1CCC(F)(F)C1)c1cnc(N)c(C(=N)c2cc3c(-c4ccncc4)cccc3[nH]2)c1. The van der Waals surface area contributed by atoms with Crippen molar-refractivity contribution in [1.82, 2.24) is 25.2 Å². The molecule has 1 fully saturated rings. The maximum absolute atomic E-state index is 13.7. The Labute approximate surface area is 231 Å². The van der Waals surface area contributed by atoms with Crippen LogP contribution in [0.3, 0.4) is 0 Å². The van der Waals surface area contributed by atoms with Crippen molar-refractivity contribution in [3.05, 3.63) is 109 Å². The number of likely N-dealkylation sites (tertiary alicyclic amines) is 1. The summed E-state index contributed by atoms with van der Waals surface area (Å²) < 4.78 is 27.3. The molecule has 5 N–H and O–H groups in total. The van der Waals surface area contributed by atoms with E-state index in [1.807, 2.05) is 55.5 Å². The second-order valence-electron chi connectivity index (χ2n) is 10.00. The number of allylic oxidation sites excluding steroid dienone is 2. The lowest BCUT2D eigenvalue weighted by atomic mass is 10.00. The summed E-state index contributed by atoms with van der Waals surface area (Å²) in [6, 6.07) is 13.7. The second-order valence-corrected chi connectivity index (χ2v) is 10.00. The van der Waals surface area contributed by atoms with E-state index in [0.717, 1.165) is 38.7 Å². The van der Waals surface area contributed by atoms with E-state index in [4.69, 9.17) is 11.1 Å². The zero-order chi connectivity index (χ0) is 28.3. The summed E-state index contributed by atoms with van der Waals surface area (Å²) in [5.74, 6) is -2.40. The van der Waals surface area contributed by atoms with Crippen LogP contribution >= 0.6 is 0 Å². The lowest BCUT2D eigenvalue weighted by Gasteiger charge is -2.16. The van der Waals surface area contributed by atoms with Gasteiger partial charge < -0.3 is 16.0 Å². The third kappa shape index (κ3) is 5.84. The van der Waals surface area contributed by atoms with E-state index in [2.05, 4.69) is 26.8 Å². The molecular formula is C31H31F2N7. The number of halogens is 2. The molecule has 0 spiro atoms. The molecule has 4 heterocycles. The number of rotatable bonds is 9. The number of aromatic amines is 1. The minimum atomic E-state index is -2.64. The van der Waals surface area contributed by atoms with Gasteiger partial charge in [0.1, 0.15) is 5.82 Å². The number of benzene rings is 1. The fourth-order valence-corrected chi connectivity index (χ4v) is 5.01. The van der Waals surface area contributed by atoms with Crippen LogP contribution in [0.5, 0.6) is 0 Å². The number of pyridine rings is 2. The zero-order valence-electron chi connectivity index (χ0n) is 22.2. The molecule has 0 radical (unpaired) electrons. The summed E-state index contributed by atoms with van der Waals surface area (Å²) >= 11 is 0. The average molecular weight is 540 g/mol.